The lowest BCUT2D eigenvalue weighted by Crippen LogP contribution is -2.59. The Morgan fingerprint density at radius 3 is 2.17 bits per heavy atom. The Bertz CT molecular complexity index is 1870. The minimum absolute atomic E-state index is 0.0204. The maximum absolute atomic E-state index is 10.9. The van der Waals surface area contributed by atoms with Crippen LogP contribution in [0.15, 0.2) is 59.0 Å². The van der Waals surface area contributed by atoms with E-state index in [9.17, 15) is 35.4 Å². The van der Waals surface area contributed by atoms with Gasteiger partial charge in [-0.1, -0.05) is 24.3 Å². The molecule has 0 spiro atoms. The second-order valence-corrected chi connectivity index (χ2v) is 10.6. The summed E-state index contributed by atoms with van der Waals surface area (Å²) in [6, 6.07) is 14.3. The molecule has 0 bridgehead atoms. The molecule has 0 unspecified atom stereocenters. The van der Waals surface area contributed by atoms with Crippen LogP contribution in [0.4, 0.5) is 0 Å². The lowest BCUT2D eigenvalue weighted by molar-refractivity contribution is -0.284. The summed E-state index contributed by atoms with van der Waals surface area (Å²) in [6.45, 7) is -0.678. The van der Waals surface area contributed by atoms with Gasteiger partial charge in [-0.15, -0.1) is 0 Å². The number of hydrogen-bond acceptors (Lipinski definition) is 12. The number of rotatable bonds is 8. The third-order valence-electron chi connectivity index (χ3n) is 7.70. The Labute approximate surface area is 261 Å². The summed E-state index contributed by atoms with van der Waals surface area (Å²) < 4.78 is 34.3. The Morgan fingerprint density at radius 2 is 1.52 bits per heavy atom. The molecule has 4 aromatic rings. The first-order valence-corrected chi connectivity index (χ1v) is 14.1. The summed E-state index contributed by atoms with van der Waals surface area (Å²) in [4.78, 5) is 10.5. The number of phenolic OH excluding ortho intramolecular Hbond substituents is 2. The van der Waals surface area contributed by atoms with Gasteiger partial charge in [0.25, 0.3) is 0 Å². The topological polar surface area (TPSA) is 202 Å². The number of benzene rings is 3. The number of hydrogen-bond donors (Lipinski definition) is 6. The average molecular weight is 636 g/mol. The zero-order chi connectivity index (χ0) is 32.7. The van der Waals surface area contributed by atoms with Crippen molar-refractivity contribution < 1.29 is 63.5 Å². The van der Waals surface area contributed by atoms with Gasteiger partial charge in [-0.3, -0.25) is 0 Å². The Hall–Kier alpha value is -5.05. The number of aliphatic hydroxyl groups is 4. The van der Waals surface area contributed by atoms with E-state index in [1.54, 1.807) is 48.6 Å². The normalized spacial score (nSPS) is 22.6. The fourth-order valence-corrected chi connectivity index (χ4v) is 5.34. The quantitative estimate of drug-likeness (QED) is 0.122. The molecule has 46 heavy (non-hydrogen) atoms. The third-order valence-corrected chi connectivity index (χ3v) is 7.70. The van der Waals surface area contributed by atoms with Gasteiger partial charge in [0.2, 0.25) is 12.0 Å². The summed E-state index contributed by atoms with van der Waals surface area (Å²) in [7, 11) is 2.69. The van der Waals surface area contributed by atoms with E-state index < -0.39 is 42.9 Å². The molecule has 0 amide bonds. The van der Waals surface area contributed by atoms with Crippen molar-refractivity contribution >= 4 is 34.4 Å². The van der Waals surface area contributed by atoms with Gasteiger partial charge < -0.3 is 59.1 Å². The van der Waals surface area contributed by atoms with Crippen LogP contribution in [-0.4, -0.2) is 87.0 Å². The molecule has 240 valence electrons. The van der Waals surface area contributed by atoms with Gasteiger partial charge in [0, 0.05) is 16.5 Å². The van der Waals surface area contributed by atoms with Crippen molar-refractivity contribution in [2.45, 2.75) is 30.7 Å². The highest BCUT2D eigenvalue weighted by atomic mass is 16.7. The van der Waals surface area contributed by atoms with Crippen LogP contribution in [0.3, 0.4) is 0 Å². The van der Waals surface area contributed by atoms with Crippen LogP contribution in [0.25, 0.3) is 34.4 Å². The molecule has 1 aromatic heterocycles. The smallest absolute Gasteiger partial charge is 0.508 e. The summed E-state index contributed by atoms with van der Waals surface area (Å²) in [5.74, 6) is -0.309. The summed E-state index contributed by atoms with van der Waals surface area (Å²) >= 11 is 0. The van der Waals surface area contributed by atoms with E-state index in [1.165, 1.54) is 32.4 Å². The molecule has 0 aliphatic carbocycles. The zero-order valence-corrected chi connectivity index (χ0v) is 24.5. The van der Waals surface area contributed by atoms with Crippen molar-refractivity contribution in [2.24, 2.45) is 0 Å². The Kier molecular flexibility index (Phi) is 8.34. The molecule has 2 aliphatic heterocycles. The molecule has 7 N–H and O–H groups in total. The van der Waals surface area contributed by atoms with E-state index in [-0.39, 0.29) is 46.0 Å². The van der Waals surface area contributed by atoms with E-state index in [0.29, 0.717) is 21.9 Å². The molecule has 3 aromatic carbocycles. The second kappa shape index (κ2) is 12.4. The largest absolute Gasteiger partial charge is 0.519 e. The monoisotopic (exact) mass is 635 g/mol. The highest BCUT2D eigenvalue weighted by molar-refractivity contribution is 6.04. The maximum Gasteiger partial charge on any atom is 0.519 e. The fourth-order valence-electron chi connectivity index (χ4n) is 5.34. The van der Waals surface area contributed by atoms with Crippen LogP contribution < -0.4 is 19.8 Å². The number of ether oxygens (including phenoxy) is 5. The first kappa shape index (κ1) is 31.0. The van der Waals surface area contributed by atoms with Crippen molar-refractivity contribution in [1.29, 1.82) is 0 Å². The Balaban J connectivity index is 1.57. The highest BCUT2D eigenvalue weighted by Gasteiger charge is 2.46. The van der Waals surface area contributed by atoms with Gasteiger partial charge >= 0.3 is 11.6 Å². The van der Waals surface area contributed by atoms with Crippen molar-refractivity contribution in [3.05, 3.63) is 82.5 Å². The lowest BCUT2D eigenvalue weighted by Gasteiger charge is -2.40. The first-order chi connectivity index (χ1) is 22.1. The van der Waals surface area contributed by atoms with Gasteiger partial charge in [-0.25, -0.2) is 4.42 Å². The number of methoxy groups -OCH3 is 2. The predicted octanol–water partition coefficient (Wildman–Crippen LogP) is 2.07. The molecule has 13 heteroatoms. The first-order valence-electron chi connectivity index (χ1n) is 14.1. The molecule has 1 fully saturated rings. The molecule has 2 aliphatic rings. The van der Waals surface area contributed by atoms with Gasteiger partial charge in [-0.2, -0.15) is 0 Å². The van der Waals surface area contributed by atoms with Crippen LogP contribution in [0.2, 0.25) is 0 Å². The molecule has 1 saturated heterocycles. The predicted molar refractivity (Wildman–Crippen MR) is 162 cm³/mol. The zero-order valence-electron chi connectivity index (χ0n) is 24.5. The summed E-state index contributed by atoms with van der Waals surface area (Å²) in [6.07, 6.45) is -4.37. The number of phenols is 2. The van der Waals surface area contributed by atoms with E-state index >= 15 is 0 Å². The van der Waals surface area contributed by atoms with Crippen molar-refractivity contribution in [1.82, 2.24) is 0 Å². The summed E-state index contributed by atoms with van der Waals surface area (Å²) in [5, 5.41) is 62.5. The van der Waals surface area contributed by atoms with Crippen LogP contribution in [0.5, 0.6) is 28.9 Å². The maximum atomic E-state index is 10.9. The van der Waals surface area contributed by atoms with Crippen molar-refractivity contribution in [2.75, 3.05) is 20.8 Å². The molecule has 13 nitrogen and oxygen atoms in total. The van der Waals surface area contributed by atoms with Crippen molar-refractivity contribution in [3.8, 4) is 28.9 Å². The minimum Gasteiger partial charge on any atom is -0.508 e. The standard InChI is InChI=1S/C33H30O13/c1-41-21-11-18(12-22(42-2)26(21)37)30-31(46-33-29(40)28(39)27(38)23(14-34)43-33)20-10-16(4-3-15-5-7-19(35)8-6-15)9-17-13-24(36)44-32(45-30)25(17)20/h3-13,23,27-29,33-35,37-40H,14H2,1-2H3/p+1/b4-3+/t23-,27-,28+,29-,33+/m1/s1. The van der Waals surface area contributed by atoms with Gasteiger partial charge in [0.1, 0.15) is 35.6 Å². The highest BCUT2D eigenvalue weighted by Crippen LogP contribution is 2.47. The van der Waals surface area contributed by atoms with E-state index in [1.807, 2.05) is 0 Å². The van der Waals surface area contributed by atoms with Crippen molar-refractivity contribution in [3.63, 3.8) is 0 Å². The molecule has 0 saturated carbocycles. The van der Waals surface area contributed by atoms with E-state index in [0.717, 1.165) is 5.56 Å². The number of aliphatic hydroxyl groups excluding tert-OH is 4. The lowest BCUT2D eigenvalue weighted by atomic mass is 9.96. The molecular weight excluding hydrogens is 604 g/mol. The second-order valence-electron chi connectivity index (χ2n) is 10.6. The molecule has 3 heterocycles. The SMILES string of the molecule is COc1cc(C2=C(O[C@@H]3O[C@H](CO)[C@@H](O)[C@H](O)[C@H]3O)c3cc(/C=C/c4ccc(O)cc4)cc4cc(=[OH+])oc(c34)O2)cc(OC)c1O. The van der Waals surface area contributed by atoms with Gasteiger partial charge in [-0.05, 0) is 47.5 Å². The average Bonchev–Trinajstić information content (AvgIpc) is 3.05. The third kappa shape index (κ3) is 5.62. The Morgan fingerprint density at radius 1 is 0.848 bits per heavy atom. The summed E-state index contributed by atoms with van der Waals surface area (Å²) in [5.41, 5.74) is 1.56. The fraction of sp³-hybridized carbons (Fsp3) is 0.242. The van der Waals surface area contributed by atoms with Gasteiger partial charge in [0.05, 0.1) is 26.9 Å². The number of aromatic hydroxyl groups is 2. The molecule has 6 rings (SSSR count). The van der Waals surface area contributed by atoms with Crippen LogP contribution in [0, 0.1) is 0 Å². The van der Waals surface area contributed by atoms with Gasteiger partial charge in [0.15, 0.2) is 23.0 Å². The van der Waals surface area contributed by atoms with Crippen LogP contribution >= 0.6 is 0 Å². The van der Waals surface area contributed by atoms with Crippen LogP contribution in [0.1, 0.15) is 22.3 Å². The van der Waals surface area contributed by atoms with E-state index in [2.05, 4.69) is 0 Å². The van der Waals surface area contributed by atoms with Crippen LogP contribution in [-0.2, 0) is 9.47 Å². The minimum atomic E-state index is -1.76. The molecule has 0 radical (unpaired) electrons. The molecular formula is C33H31O13+. The van der Waals surface area contributed by atoms with E-state index in [4.69, 9.17) is 28.1 Å². The molecule has 5 atom stereocenters.